The molecule has 0 N–H and O–H groups in total. The molecule has 1 aromatic rings. The van der Waals surface area contributed by atoms with Crippen molar-refractivity contribution in [2.75, 3.05) is 6.61 Å². The summed E-state index contributed by atoms with van der Waals surface area (Å²) < 4.78 is 5.57. The van der Waals surface area contributed by atoms with Crippen molar-refractivity contribution in [3.05, 3.63) is 34.9 Å². The zero-order chi connectivity index (χ0) is 13.1. The third kappa shape index (κ3) is 3.83. The fourth-order valence-corrected chi connectivity index (χ4v) is 1.78. The maximum absolute atomic E-state index is 12.3. The molecule has 0 radical (unpaired) electrons. The number of hydrogen-bond acceptors (Lipinski definition) is 2. The molecule has 0 amide bonds. The predicted octanol–water partition coefficient (Wildman–Crippen LogP) is 3.97. The Bertz CT molecular complexity index is 376. The van der Waals surface area contributed by atoms with Gasteiger partial charge in [-0.15, -0.1) is 0 Å². The minimum absolute atomic E-state index is 0.0102. The number of hydrogen-bond donors (Lipinski definition) is 0. The average molecular weight is 255 g/mol. The molecule has 1 rings (SSSR count). The third-order valence-corrected chi connectivity index (χ3v) is 2.74. The highest BCUT2D eigenvalue weighted by molar-refractivity contribution is 6.30. The highest BCUT2D eigenvalue weighted by Crippen LogP contribution is 2.26. The SMILES string of the molecule is CCOC(C(=O)c1ccc(Cl)cc1)C(C)(C)C. The second-order valence-corrected chi connectivity index (χ2v) is 5.51. The summed E-state index contributed by atoms with van der Waals surface area (Å²) in [5.74, 6) is 0.0102. The van der Waals surface area contributed by atoms with Crippen LogP contribution in [0.1, 0.15) is 38.1 Å². The fourth-order valence-electron chi connectivity index (χ4n) is 1.65. The standard InChI is InChI=1S/C14H19ClO2/c1-5-17-13(14(2,3)4)12(16)10-6-8-11(15)9-7-10/h6-9,13H,5H2,1-4H3. The number of Topliss-reactive ketones (excluding diaryl/α,β-unsaturated/α-hetero) is 1. The normalized spacial score (nSPS) is 13.5. The van der Waals surface area contributed by atoms with Crippen LogP contribution in [0.5, 0.6) is 0 Å². The van der Waals surface area contributed by atoms with E-state index in [9.17, 15) is 4.79 Å². The molecule has 17 heavy (non-hydrogen) atoms. The number of ketones is 1. The number of rotatable bonds is 4. The number of carbonyl (C=O) groups excluding carboxylic acids is 1. The molecule has 94 valence electrons. The van der Waals surface area contributed by atoms with E-state index in [1.165, 1.54) is 0 Å². The molecule has 0 aliphatic carbocycles. The quantitative estimate of drug-likeness (QED) is 0.760. The molecule has 3 heteroatoms. The van der Waals surface area contributed by atoms with E-state index in [0.717, 1.165) is 0 Å². The maximum atomic E-state index is 12.3. The zero-order valence-electron chi connectivity index (χ0n) is 10.8. The Balaban J connectivity index is 2.96. The number of ether oxygens (including phenoxy) is 1. The Morgan fingerprint density at radius 1 is 1.29 bits per heavy atom. The first kappa shape index (κ1) is 14.2. The Morgan fingerprint density at radius 3 is 2.24 bits per heavy atom. The van der Waals surface area contributed by atoms with Gasteiger partial charge in [0.25, 0.3) is 0 Å². The van der Waals surface area contributed by atoms with Crippen LogP contribution in [0.3, 0.4) is 0 Å². The smallest absolute Gasteiger partial charge is 0.192 e. The van der Waals surface area contributed by atoms with Crippen LogP contribution in [0, 0.1) is 5.41 Å². The van der Waals surface area contributed by atoms with Gasteiger partial charge in [0.05, 0.1) is 0 Å². The summed E-state index contributed by atoms with van der Waals surface area (Å²) in [5, 5.41) is 0.630. The van der Waals surface area contributed by atoms with Gasteiger partial charge in [-0.1, -0.05) is 32.4 Å². The van der Waals surface area contributed by atoms with Gasteiger partial charge in [-0.25, -0.2) is 0 Å². The van der Waals surface area contributed by atoms with Crippen molar-refractivity contribution in [2.24, 2.45) is 5.41 Å². The van der Waals surface area contributed by atoms with Gasteiger partial charge in [0.2, 0.25) is 0 Å². The molecule has 1 atom stereocenters. The predicted molar refractivity (Wildman–Crippen MR) is 70.7 cm³/mol. The molecule has 0 aromatic heterocycles. The van der Waals surface area contributed by atoms with Gasteiger partial charge in [-0.2, -0.15) is 0 Å². The number of carbonyl (C=O) groups is 1. The summed E-state index contributed by atoms with van der Waals surface area (Å²) >= 11 is 5.80. The number of halogens is 1. The minimum Gasteiger partial charge on any atom is -0.370 e. The largest absolute Gasteiger partial charge is 0.370 e. The molecule has 0 aliphatic heterocycles. The average Bonchev–Trinajstić information content (AvgIpc) is 2.24. The van der Waals surface area contributed by atoms with Crippen molar-refractivity contribution >= 4 is 17.4 Å². The molecular weight excluding hydrogens is 236 g/mol. The van der Waals surface area contributed by atoms with Crippen LogP contribution in [0.4, 0.5) is 0 Å². The van der Waals surface area contributed by atoms with Gasteiger partial charge in [-0.05, 0) is 36.6 Å². The van der Waals surface area contributed by atoms with Gasteiger partial charge < -0.3 is 4.74 Å². The van der Waals surface area contributed by atoms with Crippen molar-refractivity contribution in [1.29, 1.82) is 0 Å². The fraction of sp³-hybridized carbons (Fsp3) is 0.500. The van der Waals surface area contributed by atoms with Gasteiger partial charge in [-0.3, -0.25) is 4.79 Å². The highest BCUT2D eigenvalue weighted by Gasteiger charge is 2.32. The zero-order valence-corrected chi connectivity index (χ0v) is 11.5. The van der Waals surface area contributed by atoms with Crippen molar-refractivity contribution in [3.63, 3.8) is 0 Å². The summed E-state index contributed by atoms with van der Waals surface area (Å²) in [7, 11) is 0. The van der Waals surface area contributed by atoms with Crippen molar-refractivity contribution in [1.82, 2.24) is 0 Å². The lowest BCUT2D eigenvalue weighted by Gasteiger charge is -2.29. The molecule has 0 saturated heterocycles. The second kappa shape index (κ2) is 5.65. The lowest BCUT2D eigenvalue weighted by Crippen LogP contribution is -2.37. The first-order valence-electron chi connectivity index (χ1n) is 5.77. The lowest BCUT2D eigenvalue weighted by molar-refractivity contribution is -0.000218. The van der Waals surface area contributed by atoms with E-state index in [-0.39, 0.29) is 11.2 Å². The number of benzene rings is 1. The molecule has 2 nitrogen and oxygen atoms in total. The van der Waals surface area contributed by atoms with Gasteiger partial charge in [0.1, 0.15) is 6.10 Å². The first-order chi connectivity index (χ1) is 7.86. The minimum atomic E-state index is -0.423. The molecule has 0 saturated carbocycles. The highest BCUT2D eigenvalue weighted by atomic mass is 35.5. The molecule has 0 aliphatic rings. The van der Waals surface area contributed by atoms with E-state index in [0.29, 0.717) is 17.2 Å². The topological polar surface area (TPSA) is 26.3 Å². The Hall–Kier alpha value is -0.860. The van der Waals surface area contributed by atoms with E-state index in [1.807, 2.05) is 27.7 Å². The van der Waals surface area contributed by atoms with Crippen molar-refractivity contribution in [2.45, 2.75) is 33.8 Å². The van der Waals surface area contributed by atoms with E-state index >= 15 is 0 Å². The maximum Gasteiger partial charge on any atom is 0.192 e. The first-order valence-corrected chi connectivity index (χ1v) is 6.15. The van der Waals surface area contributed by atoms with Crippen LogP contribution in [-0.2, 0) is 4.74 Å². The summed E-state index contributed by atoms with van der Waals surface area (Å²) in [4.78, 5) is 12.3. The third-order valence-electron chi connectivity index (χ3n) is 2.49. The molecule has 1 aromatic carbocycles. The Labute approximate surface area is 108 Å². The van der Waals surface area contributed by atoms with Gasteiger partial charge >= 0.3 is 0 Å². The molecule has 1 unspecified atom stereocenters. The van der Waals surface area contributed by atoms with Crippen LogP contribution < -0.4 is 0 Å². The van der Waals surface area contributed by atoms with Gasteiger partial charge in [0.15, 0.2) is 5.78 Å². The lowest BCUT2D eigenvalue weighted by atomic mass is 9.84. The van der Waals surface area contributed by atoms with Crippen molar-refractivity contribution < 1.29 is 9.53 Å². The molecule has 0 bridgehead atoms. The summed E-state index contributed by atoms with van der Waals surface area (Å²) in [5.41, 5.74) is 0.426. The van der Waals surface area contributed by atoms with E-state index in [4.69, 9.17) is 16.3 Å². The molecule has 0 spiro atoms. The van der Waals surface area contributed by atoms with Crippen LogP contribution in [0.25, 0.3) is 0 Å². The summed E-state index contributed by atoms with van der Waals surface area (Å²) in [6.07, 6.45) is -0.423. The molecular formula is C14H19ClO2. The monoisotopic (exact) mass is 254 g/mol. The molecule has 0 heterocycles. The summed E-state index contributed by atoms with van der Waals surface area (Å²) in [6, 6.07) is 6.92. The van der Waals surface area contributed by atoms with Gasteiger partial charge in [0, 0.05) is 17.2 Å². The van der Waals surface area contributed by atoms with Crippen LogP contribution in [-0.4, -0.2) is 18.5 Å². The summed E-state index contributed by atoms with van der Waals surface area (Å²) in [6.45, 7) is 8.43. The Kier molecular flexibility index (Phi) is 4.72. The van der Waals surface area contributed by atoms with E-state index < -0.39 is 6.10 Å². The van der Waals surface area contributed by atoms with Crippen LogP contribution in [0.2, 0.25) is 5.02 Å². The molecule has 0 fully saturated rings. The van der Waals surface area contributed by atoms with E-state index in [1.54, 1.807) is 24.3 Å². The van der Waals surface area contributed by atoms with Crippen LogP contribution in [0.15, 0.2) is 24.3 Å². The Morgan fingerprint density at radius 2 is 1.82 bits per heavy atom. The van der Waals surface area contributed by atoms with E-state index in [2.05, 4.69) is 0 Å². The van der Waals surface area contributed by atoms with Crippen LogP contribution >= 0.6 is 11.6 Å². The second-order valence-electron chi connectivity index (χ2n) is 5.07. The van der Waals surface area contributed by atoms with Crippen molar-refractivity contribution in [3.8, 4) is 0 Å².